The van der Waals surface area contributed by atoms with Crippen molar-refractivity contribution in [1.29, 1.82) is 0 Å². The van der Waals surface area contributed by atoms with Gasteiger partial charge in [0, 0.05) is 0 Å². The van der Waals surface area contributed by atoms with Gasteiger partial charge in [-0.05, 0) is 12.8 Å². The number of rotatable bonds is 12. The minimum absolute atomic E-state index is 0.246. The molecule has 0 saturated carbocycles. The Bertz CT molecular complexity index is 191. The number of unbranched alkanes of at least 4 members (excludes halogenated alkanes) is 6. The van der Waals surface area contributed by atoms with Crippen molar-refractivity contribution < 1.29 is 18.5 Å². The van der Waals surface area contributed by atoms with Crippen molar-refractivity contribution in [3.8, 4) is 0 Å². The highest BCUT2D eigenvalue weighted by molar-refractivity contribution is 7.45. The van der Waals surface area contributed by atoms with Crippen molar-refractivity contribution >= 4 is 7.82 Å². The van der Waals surface area contributed by atoms with Crippen LogP contribution in [0.1, 0.15) is 65.2 Å². The molecule has 0 saturated heterocycles. The van der Waals surface area contributed by atoms with Crippen LogP contribution in [0.2, 0.25) is 0 Å². The summed E-state index contributed by atoms with van der Waals surface area (Å²) in [6, 6.07) is 0. The molecule has 0 bridgehead atoms. The third-order valence-electron chi connectivity index (χ3n) is 2.49. The summed E-state index contributed by atoms with van der Waals surface area (Å²) in [7, 11) is -4.04. The number of hydrogen-bond acceptors (Lipinski definition) is 4. The molecule has 5 heteroatoms. The van der Waals surface area contributed by atoms with E-state index < -0.39 is 7.82 Å². The van der Waals surface area contributed by atoms with Crippen LogP contribution in [-0.4, -0.2) is 13.2 Å². The lowest BCUT2D eigenvalue weighted by molar-refractivity contribution is -0.225. The standard InChI is InChI=1S/C12H27O4P/c1-3-5-7-9-11-15-17(13,14)16-12-10-8-6-4-2/h3-12H2,1-2H3,(H,13,14)/p-1. The predicted octanol–water partition coefficient (Wildman–Crippen LogP) is 3.65. The second-order valence-electron chi connectivity index (χ2n) is 4.23. The Morgan fingerprint density at radius 2 is 1.24 bits per heavy atom. The van der Waals surface area contributed by atoms with E-state index in [1.54, 1.807) is 0 Å². The Morgan fingerprint density at radius 1 is 0.824 bits per heavy atom. The quantitative estimate of drug-likeness (QED) is 0.399. The van der Waals surface area contributed by atoms with Crippen LogP contribution in [0.4, 0.5) is 0 Å². The summed E-state index contributed by atoms with van der Waals surface area (Å²) in [6.45, 7) is 4.71. The van der Waals surface area contributed by atoms with Crippen LogP contribution in [0, 0.1) is 0 Å². The van der Waals surface area contributed by atoms with Gasteiger partial charge in [-0.15, -0.1) is 0 Å². The lowest BCUT2D eigenvalue weighted by Gasteiger charge is -2.22. The SMILES string of the molecule is CCCCCCOP(=O)([O-])OCCCCCC. The summed E-state index contributed by atoms with van der Waals surface area (Å²) in [6.07, 6.45) is 8.05. The zero-order valence-electron chi connectivity index (χ0n) is 11.2. The Morgan fingerprint density at radius 3 is 1.59 bits per heavy atom. The van der Waals surface area contributed by atoms with Crippen LogP contribution < -0.4 is 4.89 Å². The molecule has 0 amide bonds. The molecule has 17 heavy (non-hydrogen) atoms. The molecular formula is C12H26O4P-. The highest BCUT2D eigenvalue weighted by Gasteiger charge is 2.08. The van der Waals surface area contributed by atoms with Crippen LogP contribution in [0.3, 0.4) is 0 Å². The van der Waals surface area contributed by atoms with Gasteiger partial charge in [-0.2, -0.15) is 0 Å². The van der Waals surface area contributed by atoms with Gasteiger partial charge in [0.2, 0.25) is 0 Å². The topological polar surface area (TPSA) is 58.6 Å². The van der Waals surface area contributed by atoms with Crippen molar-refractivity contribution in [2.24, 2.45) is 0 Å². The molecule has 0 N–H and O–H groups in total. The molecule has 0 radical (unpaired) electrons. The average Bonchev–Trinajstić information content (AvgIpc) is 2.28. The maximum absolute atomic E-state index is 11.3. The summed E-state index contributed by atoms with van der Waals surface area (Å²) in [5.74, 6) is 0. The zero-order valence-corrected chi connectivity index (χ0v) is 12.0. The van der Waals surface area contributed by atoms with Gasteiger partial charge in [0.1, 0.15) is 0 Å². The Balaban J connectivity index is 3.42. The van der Waals surface area contributed by atoms with Gasteiger partial charge in [-0.3, -0.25) is 4.57 Å². The molecular weight excluding hydrogens is 239 g/mol. The minimum Gasteiger partial charge on any atom is -0.756 e. The van der Waals surface area contributed by atoms with Gasteiger partial charge in [-0.25, -0.2) is 0 Å². The van der Waals surface area contributed by atoms with Gasteiger partial charge in [0.05, 0.1) is 13.2 Å². The van der Waals surface area contributed by atoms with E-state index >= 15 is 0 Å². The lowest BCUT2D eigenvalue weighted by Crippen LogP contribution is -2.10. The third kappa shape index (κ3) is 12.4. The number of phosphoric acid groups is 1. The summed E-state index contributed by atoms with van der Waals surface area (Å²) in [4.78, 5) is 11.3. The largest absolute Gasteiger partial charge is 0.756 e. The second kappa shape index (κ2) is 11.2. The smallest absolute Gasteiger partial charge is 0.267 e. The Kier molecular flexibility index (Phi) is 11.3. The molecule has 0 fully saturated rings. The summed E-state index contributed by atoms with van der Waals surface area (Å²) >= 11 is 0. The average molecular weight is 265 g/mol. The monoisotopic (exact) mass is 265 g/mol. The number of hydrogen-bond donors (Lipinski definition) is 0. The maximum atomic E-state index is 11.3. The maximum Gasteiger partial charge on any atom is 0.267 e. The molecule has 0 aliphatic rings. The molecule has 104 valence electrons. The van der Waals surface area contributed by atoms with E-state index in [4.69, 9.17) is 9.05 Å². The van der Waals surface area contributed by atoms with E-state index in [1.165, 1.54) is 0 Å². The molecule has 0 aromatic heterocycles. The molecule has 0 heterocycles. The van der Waals surface area contributed by atoms with E-state index in [0.717, 1.165) is 51.4 Å². The van der Waals surface area contributed by atoms with E-state index in [2.05, 4.69) is 13.8 Å². The first kappa shape index (κ1) is 17.1. The molecule has 0 aliphatic carbocycles. The van der Waals surface area contributed by atoms with Gasteiger partial charge < -0.3 is 13.9 Å². The Hall–Kier alpha value is 0.110. The van der Waals surface area contributed by atoms with Crippen molar-refractivity contribution in [2.45, 2.75) is 65.2 Å². The fraction of sp³-hybridized carbons (Fsp3) is 1.00. The van der Waals surface area contributed by atoms with Crippen LogP contribution in [0.25, 0.3) is 0 Å². The first-order chi connectivity index (χ1) is 8.12. The zero-order chi connectivity index (χ0) is 13.0. The lowest BCUT2D eigenvalue weighted by atomic mass is 10.2. The molecule has 0 unspecified atom stereocenters. The van der Waals surface area contributed by atoms with E-state index in [9.17, 15) is 9.46 Å². The fourth-order valence-electron chi connectivity index (χ4n) is 1.45. The van der Waals surface area contributed by atoms with E-state index in [-0.39, 0.29) is 13.2 Å². The highest BCUT2D eigenvalue weighted by Crippen LogP contribution is 2.38. The van der Waals surface area contributed by atoms with E-state index in [1.807, 2.05) is 0 Å². The molecule has 0 atom stereocenters. The molecule has 0 spiro atoms. The summed E-state index contributed by atoms with van der Waals surface area (Å²) in [5.41, 5.74) is 0. The second-order valence-corrected chi connectivity index (χ2v) is 5.65. The van der Waals surface area contributed by atoms with Gasteiger partial charge in [-0.1, -0.05) is 52.4 Å². The Labute approximate surface area is 105 Å². The summed E-state index contributed by atoms with van der Waals surface area (Å²) < 4.78 is 20.8. The van der Waals surface area contributed by atoms with Crippen LogP contribution >= 0.6 is 7.82 Å². The van der Waals surface area contributed by atoms with Gasteiger partial charge in [0.15, 0.2) is 0 Å². The molecule has 0 rings (SSSR count). The highest BCUT2D eigenvalue weighted by atomic mass is 31.2. The fourth-order valence-corrected chi connectivity index (χ4v) is 2.23. The first-order valence-corrected chi connectivity index (χ1v) is 8.18. The van der Waals surface area contributed by atoms with Crippen LogP contribution in [-0.2, 0) is 13.6 Å². The van der Waals surface area contributed by atoms with E-state index in [0.29, 0.717) is 0 Å². The van der Waals surface area contributed by atoms with Crippen molar-refractivity contribution in [1.82, 2.24) is 0 Å². The first-order valence-electron chi connectivity index (χ1n) is 6.72. The third-order valence-corrected chi connectivity index (χ3v) is 3.49. The molecule has 0 aromatic rings. The van der Waals surface area contributed by atoms with Crippen molar-refractivity contribution in [2.75, 3.05) is 13.2 Å². The van der Waals surface area contributed by atoms with Gasteiger partial charge in [0.25, 0.3) is 7.82 Å². The minimum atomic E-state index is -4.04. The van der Waals surface area contributed by atoms with Crippen molar-refractivity contribution in [3.63, 3.8) is 0 Å². The summed E-state index contributed by atoms with van der Waals surface area (Å²) in [5, 5.41) is 0. The normalized spacial score (nSPS) is 11.9. The number of phosphoric ester groups is 1. The van der Waals surface area contributed by atoms with Crippen molar-refractivity contribution in [3.05, 3.63) is 0 Å². The molecule has 0 aromatic carbocycles. The van der Waals surface area contributed by atoms with Crippen LogP contribution in [0.15, 0.2) is 0 Å². The molecule has 0 aliphatic heterocycles. The molecule has 4 nitrogen and oxygen atoms in total. The van der Waals surface area contributed by atoms with Gasteiger partial charge >= 0.3 is 0 Å². The predicted molar refractivity (Wildman–Crippen MR) is 67.8 cm³/mol. The van der Waals surface area contributed by atoms with Crippen LogP contribution in [0.5, 0.6) is 0 Å².